The number of aryl methyl sites for hydroxylation is 1. The lowest BCUT2D eigenvalue weighted by molar-refractivity contribution is 0.812. The van der Waals surface area contributed by atoms with Crippen molar-refractivity contribution in [1.29, 1.82) is 5.26 Å². The molecular weight excluding hydrogens is 248 g/mol. The lowest BCUT2D eigenvalue weighted by Gasteiger charge is -2.36. The fourth-order valence-corrected chi connectivity index (χ4v) is 2.61. The molecule has 0 unspecified atom stereocenters. The van der Waals surface area contributed by atoms with Crippen LogP contribution in [0.5, 0.6) is 0 Å². The Morgan fingerprint density at radius 1 is 1.15 bits per heavy atom. The molecule has 100 valence electrons. The van der Waals surface area contributed by atoms with Gasteiger partial charge in [0.15, 0.2) is 5.82 Å². The van der Waals surface area contributed by atoms with Crippen LogP contribution in [0.15, 0.2) is 36.5 Å². The highest BCUT2D eigenvalue weighted by molar-refractivity contribution is 5.80. The van der Waals surface area contributed by atoms with E-state index in [1.807, 2.05) is 25.1 Å². The summed E-state index contributed by atoms with van der Waals surface area (Å²) in [6, 6.07) is 12.4. The van der Waals surface area contributed by atoms with Crippen molar-refractivity contribution >= 4 is 17.2 Å². The molecule has 0 N–H and O–H groups in total. The number of fused-ring (bicyclic) bond motifs is 1. The van der Waals surface area contributed by atoms with E-state index in [0.29, 0.717) is 5.56 Å². The standard InChI is InChI=1S/C16H16N4/c1-12-7-8-18-16(13(12)11-17)20-10-9-19(2)14-5-3-4-6-15(14)20/h3-8H,9-10H2,1-2H3. The number of aromatic nitrogens is 1. The maximum atomic E-state index is 9.40. The van der Waals surface area contributed by atoms with Crippen molar-refractivity contribution in [2.75, 3.05) is 29.9 Å². The Morgan fingerprint density at radius 3 is 2.65 bits per heavy atom. The number of anilines is 3. The van der Waals surface area contributed by atoms with Gasteiger partial charge in [-0.2, -0.15) is 5.26 Å². The van der Waals surface area contributed by atoms with Crippen molar-refractivity contribution < 1.29 is 0 Å². The van der Waals surface area contributed by atoms with Gasteiger partial charge in [-0.05, 0) is 30.7 Å². The third-order valence-electron chi connectivity index (χ3n) is 3.75. The van der Waals surface area contributed by atoms with Crippen molar-refractivity contribution in [2.24, 2.45) is 0 Å². The summed E-state index contributed by atoms with van der Waals surface area (Å²) in [6.45, 7) is 3.70. The molecule has 0 spiro atoms. The molecule has 2 aromatic rings. The summed E-state index contributed by atoms with van der Waals surface area (Å²) < 4.78 is 0. The third kappa shape index (κ3) is 1.88. The summed E-state index contributed by atoms with van der Waals surface area (Å²) in [5.74, 6) is 0.757. The van der Waals surface area contributed by atoms with Gasteiger partial charge in [-0.3, -0.25) is 0 Å². The number of para-hydroxylation sites is 2. The molecule has 0 aliphatic carbocycles. The lowest BCUT2D eigenvalue weighted by Crippen LogP contribution is -2.37. The molecule has 1 aliphatic heterocycles. The number of pyridine rings is 1. The first kappa shape index (κ1) is 12.5. The molecule has 0 saturated heterocycles. The first-order chi connectivity index (χ1) is 9.72. The fraction of sp³-hybridized carbons (Fsp3) is 0.250. The largest absolute Gasteiger partial charge is 0.371 e. The van der Waals surface area contributed by atoms with E-state index in [4.69, 9.17) is 0 Å². The van der Waals surface area contributed by atoms with E-state index in [0.717, 1.165) is 30.2 Å². The molecule has 4 nitrogen and oxygen atoms in total. The summed E-state index contributed by atoms with van der Waals surface area (Å²) in [7, 11) is 2.09. The SMILES string of the molecule is Cc1ccnc(N2CCN(C)c3ccccc32)c1C#N. The van der Waals surface area contributed by atoms with E-state index in [-0.39, 0.29) is 0 Å². The van der Waals surface area contributed by atoms with Crippen LogP contribution >= 0.6 is 0 Å². The average Bonchev–Trinajstić information content (AvgIpc) is 2.48. The van der Waals surface area contributed by atoms with Crippen LogP contribution < -0.4 is 9.80 Å². The molecule has 2 heterocycles. The van der Waals surface area contributed by atoms with Gasteiger partial charge in [-0.15, -0.1) is 0 Å². The van der Waals surface area contributed by atoms with Gasteiger partial charge in [0.05, 0.1) is 16.9 Å². The molecule has 1 aromatic heterocycles. The normalized spacial score (nSPS) is 13.8. The van der Waals surface area contributed by atoms with Crippen LogP contribution in [-0.2, 0) is 0 Å². The minimum Gasteiger partial charge on any atom is -0.371 e. The van der Waals surface area contributed by atoms with Crippen molar-refractivity contribution in [3.05, 3.63) is 47.7 Å². The Kier molecular flexibility index (Phi) is 3.03. The predicted octanol–water partition coefficient (Wildman–Crippen LogP) is 2.85. The summed E-state index contributed by atoms with van der Waals surface area (Å²) in [5.41, 5.74) is 3.91. The van der Waals surface area contributed by atoms with Crippen LogP contribution in [0.1, 0.15) is 11.1 Å². The van der Waals surface area contributed by atoms with E-state index in [1.54, 1.807) is 6.20 Å². The van der Waals surface area contributed by atoms with Crippen LogP contribution in [0.3, 0.4) is 0 Å². The number of hydrogen-bond donors (Lipinski definition) is 0. The van der Waals surface area contributed by atoms with Gasteiger partial charge in [-0.1, -0.05) is 12.1 Å². The quantitative estimate of drug-likeness (QED) is 0.794. The Bertz CT molecular complexity index is 687. The van der Waals surface area contributed by atoms with Crippen molar-refractivity contribution in [3.63, 3.8) is 0 Å². The molecule has 1 aliphatic rings. The molecule has 1 aromatic carbocycles. The number of nitrogens with zero attached hydrogens (tertiary/aromatic N) is 4. The average molecular weight is 264 g/mol. The zero-order valence-electron chi connectivity index (χ0n) is 11.7. The molecule has 0 radical (unpaired) electrons. The summed E-state index contributed by atoms with van der Waals surface area (Å²) >= 11 is 0. The van der Waals surface area contributed by atoms with Crippen LogP contribution in [0, 0.1) is 18.3 Å². The molecule has 20 heavy (non-hydrogen) atoms. The highest BCUT2D eigenvalue weighted by Gasteiger charge is 2.24. The monoisotopic (exact) mass is 264 g/mol. The third-order valence-corrected chi connectivity index (χ3v) is 3.75. The Morgan fingerprint density at radius 2 is 1.90 bits per heavy atom. The highest BCUT2D eigenvalue weighted by atomic mass is 15.3. The Balaban J connectivity index is 2.16. The van der Waals surface area contributed by atoms with Gasteiger partial charge in [0.1, 0.15) is 6.07 Å². The maximum Gasteiger partial charge on any atom is 0.151 e. The minimum atomic E-state index is 0.659. The second-order valence-corrected chi connectivity index (χ2v) is 5.00. The number of hydrogen-bond acceptors (Lipinski definition) is 4. The van der Waals surface area contributed by atoms with E-state index >= 15 is 0 Å². The van der Waals surface area contributed by atoms with Gasteiger partial charge < -0.3 is 9.80 Å². The van der Waals surface area contributed by atoms with Crippen LogP contribution in [-0.4, -0.2) is 25.1 Å². The highest BCUT2D eigenvalue weighted by Crippen LogP contribution is 2.37. The molecule has 0 atom stereocenters. The molecule has 4 heteroatoms. The van der Waals surface area contributed by atoms with Crippen LogP contribution in [0.25, 0.3) is 0 Å². The fourth-order valence-electron chi connectivity index (χ4n) is 2.61. The predicted molar refractivity (Wildman–Crippen MR) is 80.4 cm³/mol. The number of likely N-dealkylation sites (N-methyl/N-ethyl adjacent to an activating group) is 1. The summed E-state index contributed by atoms with van der Waals surface area (Å²) in [6.07, 6.45) is 1.77. The second-order valence-electron chi connectivity index (χ2n) is 5.00. The maximum absolute atomic E-state index is 9.40. The van der Waals surface area contributed by atoms with Crippen molar-refractivity contribution in [1.82, 2.24) is 4.98 Å². The van der Waals surface area contributed by atoms with E-state index in [2.05, 4.69) is 40.0 Å². The first-order valence-corrected chi connectivity index (χ1v) is 6.66. The first-order valence-electron chi connectivity index (χ1n) is 6.66. The van der Waals surface area contributed by atoms with Gasteiger partial charge in [0, 0.05) is 26.3 Å². The molecule has 0 bridgehead atoms. The van der Waals surface area contributed by atoms with Crippen molar-refractivity contribution in [3.8, 4) is 6.07 Å². The number of benzene rings is 1. The van der Waals surface area contributed by atoms with Gasteiger partial charge >= 0.3 is 0 Å². The molecule has 0 saturated carbocycles. The second kappa shape index (κ2) is 4.86. The molecular formula is C16H16N4. The zero-order chi connectivity index (χ0) is 14.1. The lowest BCUT2D eigenvalue weighted by atomic mass is 10.1. The topological polar surface area (TPSA) is 43.2 Å². The number of rotatable bonds is 1. The molecule has 0 fully saturated rings. The zero-order valence-corrected chi connectivity index (χ0v) is 11.7. The smallest absolute Gasteiger partial charge is 0.151 e. The minimum absolute atomic E-state index is 0.659. The summed E-state index contributed by atoms with van der Waals surface area (Å²) in [4.78, 5) is 8.81. The number of nitriles is 1. The van der Waals surface area contributed by atoms with E-state index < -0.39 is 0 Å². The Hall–Kier alpha value is -2.54. The van der Waals surface area contributed by atoms with Crippen LogP contribution in [0.2, 0.25) is 0 Å². The Labute approximate surface area is 118 Å². The molecule has 0 amide bonds. The van der Waals surface area contributed by atoms with Crippen LogP contribution in [0.4, 0.5) is 17.2 Å². The summed E-state index contributed by atoms with van der Waals surface area (Å²) in [5, 5.41) is 9.40. The molecule has 3 rings (SSSR count). The van der Waals surface area contributed by atoms with Gasteiger partial charge in [-0.25, -0.2) is 4.98 Å². The van der Waals surface area contributed by atoms with Crippen molar-refractivity contribution in [2.45, 2.75) is 6.92 Å². The van der Waals surface area contributed by atoms with Gasteiger partial charge in [0.2, 0.25) is 0 Å². The van der Waals surface area contributed by atoms with E-state index in [1.165, 1.54) is 5.69 Å². The van der Waals surface area contributed by atoms with E-state index in [9.17, 15) is 5.26 Å². The van der Waals surface area contributed by atoms with Gasteiger partial charge in [0.25, 0.3) is 0 Å².